The van der Waals surface area contributed by atoms with E-state index in [4.69, 9.17) is 10.3 Å². The third kappa shape index (κ3) is 6.63. The molecule has 0 aliphatic rings. The van der Waals surface area contributed by atoms with Gasteiger partial charge in [-0.05, 0) is 18.2 Å². The number of benzene rings is 1. The summed E-state index contributed by atoms with van der Waals surface area (Å²) in [4.78, 5) is 10.5. The van der Waals surface area contributed by atoms with Gasteiger partial charge in [-0.2, -0.15) is 8.42 Å². The van der Waals surface area contributed by atoms with Crippen LogP contribution in [0.4, 0.5) is 5.69 Å². The molecule has 1 aromatic rings. The van der Waals surface area contributed by atoms with Crippen LogP contribution in [-0.4, -0.2) is 18.9 Å². The quantitative estimate of drug-likeness (QED) is 0.319. The van der Waals surface area contributed by atoms with Gasteiger partial charge in [-0.15, -0.1) is 0 Å². The van der Waals surface area contributed by atoms with Crippen molar-refractivity contribution in [2.75, 3.05) is 5.73 Å². The van der Waals surface area contributed by atoms with E-state index in [2.05, 4.69) is 4.18 Å². The van der Waals surface area contributed by atoms with Gasteiger partial charge in [0.15, 0.2) is 5.75 Å². The van der Waals surface area contributed by atoms with E-state index in [0.29, 0.717) is 0 Å². The molecule has 0 aliphatic carbocycles. The van der Waals surface area contributed by atoms with Crippen LogP contribution in [0.5, 0.6) is 5.75 Å². The third-order valence-electron chi connectivity index (χ3n) is 1.42. The Hall–Kier alpha value is 0.200. The molecule has 0 aromatic heterocycles. The first-order valence-corrected chi connectivity index (χ1v) is 4.94. The summed E-state index contributed by atoms with van der Waals surface area (Å²) < 4.78 is 33.1. The Morgan fingerprint density at radius 2 is 1.88 bits per heavy atom. The van der Waals surface area contributed by atoms with Crippen LogP contribution in [-0.2, 0) is 10.4 Å². The zero-order chi connectivity index (χ0) is 11.6. The second kappa shape index (κ2) is 7.59. The van der Waals surface area contributed by atoms with Crippen LogP contribution in [0.1, 0.15) is 10.4 Å². The van der Waals surface area contributed by atoms with E-state index in [9.17, 15) is 18.3 Å². The standard InChI is InChI=1S/C7H7NO6S.2Na/c8-4-1-2-6(14-15(11,12)13)5(3-4)7(9)10;;/h1-3H,8H2,(H,9,10)(H,11,12,13);;/q;2*+1/p-1. The second-order valence-electron chi connectivity index (χ2n) is 2.55. The molecule has 7 nitrogen and oxygen atoms in total. The fraction of sp³-hybridized carbons (Fsp3) is 0. The molecule has 0 unspecified atom stereocenters. The van der Waals surface area contributed by atoms with Crippen molar-refractivity contribution in [2.24, 2.45) is 0 Å². The number of hydrogen-bond donors (Lipinski definition) is 2. The molecule has 0 aliphatic heterocycles. The van der Waals surface area contributed by atoms with Crippen molar-refractivity contribution in [1.29, 1.82) is 0 Å². The Balaban J connectivity index is 0. The number of anilines is 1. The van der Waals surface area contributed by atoms with Crippen LogP contribution in [0, 0.1) is 0 Å². The van der Waals surface area contributed by atoms with E-state index in [1.165, 1.54) is 6.07 Å². The van der Waals surface area contributed by atoms with E-state index in [1.54, 1.807) is 0 Å². The molecule has 17 heavy (non-hydrogen) atoms. The average Bonchev–Trinajstić information content (AvgIpc) is 2.05. The molecule has 3 N–H and O–H groups in total. The molecule has 0 radical (unpaired) electrons. The van der Waals surface area contributed by atoms with Crippen molar-refractivity contribution in [3.8, 4) is 5.75 Å². The molecule has 0 fully saturated rings. The maximum atomic E-state index is 10.5. The fourth-order valence-electron chi connectivity index (χ4n) is 0.893. The van der Waals surface area contributed by atoms with Crippen molar-refractivity contribution in [3.05, 3.63) is 23.8 Å². The molecule has 82 valence electrons. The van der Waals surface area contributed by atoms with Gasteiger partial charge in [-0.25, -0.2) is 0 Å². The summed E-state index contributed by atoms with van der Waals surface area (Å²) in [6.45, 7) is 0. The molecular weight excluding hydrogens is 272 g/mol. The molecule has 1 rings (SSSR count). The molecule has 0 atom stereocenters. The SMILES string of the molecule is Nc1ccc(OS(=O)(=O)O)c(C(=O)[O-])c1.[Na+].[Na+]. The van der Waals surface area contributed by atoms with Crippen LogP contribution < -0.4 is 74.1 Å². The van der Waals surface area contributed by atoms with Crippen molar-refractivity contribution in [3.63, 3.8) is 0 Å². The van der Waals surface area contributed by atoms with Crippen LogP contribution >= 0.6 is 0 Å². The van der Waals surface area contributed by atoms with Crippen molar-refractivity contribution < 1.29 is 86.2 Å². The molecule has 0 amide bonds. The van der Waals surface area contributed by atoms with E-state index >= 15 is 0 Å². The molecule has 0 saturated carbocycles. The number of carboxylic acids is 1. The zero-order valence-corrected chi connectivity index (χ0v) is 14.0. The van der Waals surface area contributed by atoms with Crippen LogP contribution in [0.3, 0.4) is 0 Å². The fourth-order valence-corrected chi connectivity index (χ4v) is 1.27. The largest absolute Gasteiger partial charge is 1.00 e. The predicted molar refractivity (Wildman–Crippen MR) is 47.4 cm³/mol. The maximum absolute atomic E-state index is 10.5. The summed E-state index contributed by atoms with van der Waals surface area (Å²) in [6, 6.07) is 3.16. The van der Waals surface area contributed by atoms with Crippen molar-refractivity contribution in [1.82, 2.24) is 0 Å². The Morgan fingerprint density at radius 1 is 1.35 bits per heavy atom. The van der Waals surface area contributed by atoms with Gasteiger partial charge in [0, 0.05) is 11.3 Å². The molecular formula is C7H6NNa2O6S+. The Kier molecular flexibility index (Phi) is 8.73. The van der Waals surface area contributed by atoms with Crippen LogP contribution in [0.15, 0.2) is 18.2 Å². The number of hydrogen-bond acceptors (Lipinski definition) is 6. The van der Waals surface area contributed by atoms with E-state index in [1.807, 2.05) is 0 Å². The minimum atomic E-state index is -4.78. The zero-order valence-electron chi connectivity index (χ0n) is 9.21. The molecule has 0 heterocycles. The van der Waals surface area contributed by atoms with Gasteiger partial charge >= 0.3 is 69.5 Å². The number of nitrogens with two attached hydrogens (primary N) is 1. The summed E-state index contributed by atoms with van der Waals surface area (Å²) in [5.41, 5.74) is 4.80. The van der Waals surface area contributed by atoms with Gasteiger partial charge < -0.3 is 19.8 Å². The van der Waals surface area contributed by atoms with Gasteiger partial charge in [0.2, 0.25) is 0 Å². The monoisotopic (exact) mass is 278 g/mol. The molecule has 0 spiro atoms. The summed E-state index contributed by atoms with van der Waals surface area (Å²) >= 11 is 0. The number of aromatic carboxylic acids is 1. The normalized spacial score (nSPS) is 9.71. The molecule has 0 saturated heterocycles. The number of carboxylic acid groups (broad SMARTS) is 1. The van der Waals surface area contributed by atoms with Gasteiger partial charge in [0.25, 0.3) is 0 Å². The first-order chi connectivity index (χ1) is 6.79. The number of nitrogen functional groups attached to an aromatic ring is 1. The van der Waals surface area contributed by atoms with Gasteiger partial charge in [0.05, 0.1) is 5.97 Å². The summed E-state index contributed by atoms with van der Waals surface area (Å²) in [5, 5.41) is 10.5. The van der Waals surface area contributed by atoms with E-state index in [-0.39, 0.29) is 64.8 Å². The molecule has 0 bridgehead atoms. The predicted octanol–water partition coefficient (Wildman–Crippen LogP) is -7.18. The second-order valence-corrected chi connectivity index (χ2v) is 3.58. The number of carbonyl (C=O) groups excluding carboxylic acids is 1. The first kappa shape index (κ1) is 19.5. The summed E-state index contributed by atoms with van der Waals surface area (Å²) in [7, 11) is -4.78. The minimum Gasteiger partial charge on any atom is -0.545 e. The summed E-state index contributed by atoms with van der Waals surface area (Å²) in [5.74, 6) is -2.23. The van der Waals surface area contributed by atoms with Gasteiger partial charge in [0.1, 0.15) is 0 Å². The molecule has 1 aromatic carbocycles. The van der Waals surface area contributed by atoms with Crippen LogP contribution in [0.25, 0.3) is 0 Å². The Morgan fingerprint density at radius 3 is 2.29 bits per heavy atom. The smallest absolute Gasteiger partial charge is 0.545 e. The minimum absolute atomic E-state index is 0. The maximum Gasteiger partial charge on any atom is 1.00 e. The number of carbonyl (C=O) groups is 1. The Bertz CT molecular complexity index is 503. The van der Waals surface area contributed by atoms with Gasteiger partial charge in [-0.3, -0.25) is 4.55 Å². The van der Waals surface area contributed by atoms with Gasteiger partial charge in [-0.1, -0.05) is 0 Å². The van der Waals surface area contributed by atoms with E-state index < -0.39 is 27.7 Å². The topological polar surface area (TPSA) is 130 Å². The van der Waals surface area contributed by atoms with Crippen LogP contribution in [0.2, 0.25) is 0 Å². The third-order valence-corrected chi connectivity index (χ3v) is 1.81. The first-order valence-electron chi connectivity index (χ1n) is 3.57. The molecule has 10 heteroatoms. The van der Waals surface area contributed by atoms with E-state index in [0.717, 1.165) is 12.1 Å². The average molecular weight is 278 g/mol. The Labute approximate surface area is 142 Å². The summed E-state index contributed by atoms with van der Waals surface area (Å²) in [6.07, 6.45) is 0. The van der Waals surface area contributed by atoms with Crippen molar-refractivity contribution >= 4 is 22.1 Å². The number of rotatable bonds is 3. The van der Waals surface area contributed by atoms with Crippen molar-refractivity contribution in [2.45, 2.75) is 0 Å².